The van der Waals surface area contributed by atoms with E-state index in [1.807, 2.05) is 6.08 Å². The molecule has 0 aromatic rings. The topological polar surface area (TPSA) is 131 Å². The summed E-state index contributed by atoms with van der Waals surface area (Å²) in [5.41, 5.74) is 3.92. The van der Waals surface area contributed by atoms with E-state index < -0.39 is 0 Å². The third-order valence-corrected chi connectivity index (χ3v) is 7.38. The standard InChI is InChI=1S/C38H52O7/c1-26-13-8-18-33(39)27(2)14-10-20-35(41)29(4)16-12-22-37(43)31(6)25-32(45-7)23-24-38(44)30(5)17-11-21-36(42)28(3)15-9-19-34(26)40/h13-22,24-25,32,39-44H,8-12,23H2,1-7H3/b26-13-,27-14-,28-15-,29-16-,30-17-,31-25-,33-18+,34-19+,35-20+,36-21+,37-22+,38-24+. The van der Waals surface area contributed by atoms with Crippen molar-refractivity contribution in [3.63, 3.8) is 0 Å². The average molecular weight is 621 g/mol. The normalized spacial score (nSPS) is 34.3. The van der Waals surface area contributed by atoms with Gasteiger partial charge in [0.15, 0.2) is 0 Å². The van der Waals surface area contributed by atoms with Crippen LogP contribution in [0.5, 0.6) is 0 Å². The van der Waals surface area contributed by atoms with Gasteiger partial charge < -0.3 is 35.4 Å². The monoisotopic (exact) mass is 620 g/mol. The molecule has 0 fully saturated rings. The van der Waals surface area contributed by atoms with Crippen molar-refractivity contribution >= 4 is 0 Å². The summed E-state index contributed by atoms with van der Waals surface area (Å²) in [7, 11) is 1.56. The molecule has 0 saturated heterocycles. The molecular weight excluding hydrogens is 568 g/mol. The van der Waals surface area contributed by atoms with Crippen molar-refractivity contribution in [3.05, 3.63) is 141 Å². The van der Waals surface area contributed by atoms with Crippen molar-refractivity contribution in [2.45, 2.75) is 86.2 Å². The fourth-order valence-electron chi connectivity index (χ4n) is 4.05. The summed E-state index contributed by atoms with van der Waals surface area (Å²) >= 11 is 0. The van der Waals surface area contributed by atoms with Crippen LogP contribution in [-0.2, 0) is 4.74 Å². The van der Waals surface area contributed by atoms with E-state index in [1.54, 1.807) is 115 Å². The lowest BCUT2D eigenvalue weighted by Gasteiger charge is -2.11. The first-order valence-electron chi connectivity index (χ1n) is 15.2. The zero-order valence-corrected chi connectivity index (χ0v) is 27.8. The van der Waals surface area contributed by atoms with Crippen molar-refractivity contribution in [3.8, 4) is 0 Å². The highest BCUT2D eigenvalue weighted by atomic mass is 16.5. The largest absolute Gasteiger partial charge is 0.508 e. The van der Waals surface area contributed by atoms with Gasteiger partial charge in [-0.15, -0.1) is 0 Å². The highest BCUT2D eigenvalue weighted by molar-refractivity contribution is 5.31. The molecule has 246 valence electrons. The third kappa shape index (κ3) is 15.3. The number of hydrogen-bond acceptors (Lipinski definition) is 7. The molecule has 7 heteroatoms. The molecular formula is C38H52O7. The molecule has 0 heterocycles. The molecule has 1 aliphatic rings. The lowest BCUT2D eigenvalue weighted by atomic mass is 10.1. The minimum atomic E-state index is -0.375. The van der Waals surface area contributed by atoms with E-state index in [1.165, 1.54) is 0 Å². The lowest BCUT2D eigenvalue weighted by Crippen LogP contribution is -2.07. The molecule has 0 aromatic carbocycles. The molecule has 1 unspecified atom stereocenters. The Morgan fingerprint density at radius 3 is 0.911 bits per heavy atom. The Labute approximate surface area is 269 Å². The van der Waals surface area contributed by atoms with Crippen LogP contribution in [-0.4, -0.2) is 43.9 Å². The summed E-state index contributed by atoms with van der Waals surface area (Å²) in [5.74, 6) is 0.672. The number of methoxy groups -OCH3 is 1. The van der Waals surface area contributed by atoms with Crippen LogP contribution in [0.25, 0.3) is 0 Å². The summed E-state index contributed by atoms with van der Waals surface area (Å²) in [4.78, 5) is 0. The van der Waals surface area contributed by atoms with Crippen LogP contribution in [0.4, 0.5) is 0 Å². The molecule has 0 aliphatic heterocycles. The Morgan fingerprint density at radius 2 is 0.644 bits per heavy atom. The molecule has 1 aliphatic carbocycles. The van der Waals surface area contributed by atoms with Crippen LogP contribution in [0.2, 0.25) is 0 Å². The Kier molecular flexibility index (Phi) is 17.7. The van der Waals surface area contributed by atoms with Gasteiger partial charge in [0.05, 0.1) is 6.10 Å². The van der Waals surface area contributed by atoms with Gasteiger partial charge in [0.2, 0.25) is 0 Å². The van der Waals surface area contributed by atoms with E-state index in [2.05, 4.69) is 0 Å². The lowest BCUT2D eigenvalue weighted by molar-refractivity contribution is 0.142. The second kappa shape index (κ2) is 20.6. The molecule has 0 amide bonds. The van der Waals surface area contributed by atoms with Crippen LogP contribution in [0.1, 0.15) is 80.1 Å². The Balaban J connectivity index is 3.35. The quantitative estimate of drug-likeness (QED) is 0.172. The summed E-state index contributed by atoms with van der Waals surface area (Å²) in [5, 5.41) is 62.7. The van der Waals surface area contributed by atoms with Crippen LogP contribution in [0, 0.1) is 0 Å². The number of allylic oxidation sites excluding steroid dienone is 16. The van der Waals surface area contributed by atoms with E-state index >= 15 is 0 Å². The van der Waals surface area contributed by atoms with Crippen molar-refractivity contribution in [2.24, 2.45) is 0 Å². The minimum Gasteiger partial charge on any atom is -0.508 e. The second-order valence-corrected chi connectivity index (χ2v) is 11.0. The number of aliphatic hydroxyl groups is 6. The first kappa shape index (κ1) is 38.7. The fraction of sp³-hybridized carbons (Fsp3) is 0.368. The van der Waals surface area contributed by atoms with Gasteiger partial charge in [0, 0.05) is 7.11 Å². The van der Waals surface area contributed by atoms with Gasteiger partial charge in [-0.1, -0.05) is 30.4 Å². The van der Waals surface area contributed by atoms with E-state index in [0.29, 0.717) is 72.0 Å². The van der Waals surface area contributed by atoms with Gasteiger partial charge in [-0.2, -0.15) is 0 Å². The summed E-state index contributed by atoms with van der Waals surface area (Å²) in [6.45, 7) is 10.7. The average Bonchev–Trinajstić information content (AvgIpc) is 3.01. The first-order valence-corrected chi connectivity index (χ1v) is 15.2. The van der Waals surface area contributed by atoms with E-state index in [-0.39, 0.29) is 40.7 Å². The van der Waals surface area contributed by atoms with Crippen molar-refractivity contribution < 1.29 is 35.4 Å². The van der Waals surface area contributed by atoms with Gasteiger partial charge >= 0.3 is 0 Å². The number of ether oxygens (including phenoxy) is 1. The second-order valence-electron chi connectivity index (χ2n) is 11.0. The van der Waals surface area contributed by atoms with Crippen molar-refractivity contribution in [1.82, 2.24) is 0 Å². The molecule has 0 radical (unpaired) electrons. The first-order chi connectivity index (χ1) is 21.3. The Bertz CT molecular complexity index is 1380. The summed E-state index contributed by atoms with van der Waals surface area (Å²) < 4.78 is 5.52. The summed E-state index contributed by atoms with van der Waals surface area (Å²) in [6, 6.07) is 0. The predicted octanol–water partition coefficient (Wildman–Crippen LogP) is 10.7. The molecule has 1 rings (SSSR count). The molecule has 6 N–H and O–H groups in total. The van der Waals surface area contributed by atoms with Crippen LogP contribution < -0.4 is 0 Å². The number of aliphatic hydroxyl groups excluding tert-OH is 6. The summed E-state index contributed by atoms with van der Waals surface area (Å²) in [6.07, 6.45) is 22.8. The molecule has 1 atom stereocenters. The van der Waals surface area contributed by atoms with Crippen molar-refractivity contribution in [1.29, 1.82) is 0 Å². The molecule has 45 heavy (non-hydrogen) atoms. The Morgan fingerprint density at radius 1 is 0.400 bits per heavy atom. The minimum absolute atomic E-state index is 0.0944. The molecule has 0 saturated carbocycles. The maximum absolute atomic E-state index is 10.5. The van der Waals surface area contributed by atoms with E-state index in [4.69, 9.17) is 4.74 Å². The highest BCUT2D eigenvalue weighted by Gasteiger charge is 2.07. The molecule has 0 aromatic heterocycles. The predicted molar refractivity (Wildman–Crippen MR) is 185 cm³/mol. The SMILES string of the molecule is COC1/C=C(C)\C(O)=C/C/C=C(C)\C(O)=C/C/C=C(C)\C(O)=C/C/C=C(C)\C(O)=C/C/C=C(C)\C(O)=C/C/C=C(C)\C(O)=C/C1. The third-order valence-electron chi connectivity index (χ3n) is 7.38. The van der Waals surface area contributed by atoms with Crippen molar-refractivity contribution in [2.75, 3.05) is 7.11 Å². The maximum atomic E-state index is 10.5. The van der Waals surface area contributed by atoms with Gasteiger partial charge in [0.25, 0.3) is 0 Å². The Hall–Kier alpha value is -4.36. The van der Waals surface area contributed by atoms with Crippen LogP contribution in [0.15, 0.2) is 141 Å². The van der Waals surface area contributed by atoms with Crippen LogP contribution >= 0.6 is 0 Å². The van der Waals surface area contributed by atoms with Gasteiger partial charge in [0.1, 0.15) is 34.6 Å². The van der Waals surface area contributed by atoms with Gasteiger partial charge in [-0.05, 0) is 156 Å². The molecule has 0 bridgehead atoms. The van der Waals surface area contributed by atoms with Gasteiger partial charge in [-0.25, -0.2) is 0 Å². The number of hydrogen-bond donors (Lipinski definition) is 6. The smallest absolute Gasteiger partial charge is 0.114 e. The zero-order valence-electron chi connectivity index (χ0n) is 27.8. The molecule has 7 nitrogen and oxygen atoms in total. The highest BCUT2D eigenvalue weighted by Crippen LogP contribution is 2.18. The molecule has 0 spiro atoms. The van der Waals surface area contributed by atoms with E-state index in [0.717, 1.165) is 0 Å². The van der Waals surface area contributed by atoms with Crippen LogP contribution in [0.3, 0.4) is 0 Å². The van der Waals surface area contributed by atoms with E-state index in [9.17, 15) is 30.6 Å². The maximum Gasteiger partial charge on any atom is 0.114 e. The number of rotatable bonds is 1. The van der Waals surface area contributed by atoms with Gasteiger partial charge in [-0.3, -0.25) is 0 Å². The zero-order chi connectivity index (χ0) is 33.9. The fourth-order valence-corrected chi connectivity index (χ4v) is 4.05.